The zero-order chi connectivity index (χ0) is 23.1. The molecule has 0 saturated carbocycles. The van der Waals surface area contributed by atoms with Gasteiger partial charge >= 0.3 is 0 Å². The molecule has 0 saturated heterocycles. The maximum Gasteiger partial charge on any atom is 0.253 e. The molecular weight excluding hydrogens is 442 g/mol. The SMILES string of the molecule is CC[C@@H](Nc1c(NC2=CSC(S(=O)(=O)N(C)C)C2=O)c(=O)c1=O)c1cc(C(C)C)co1. The first-order valence-corrected chi connectivity index (χ1v) is 12.2. The van der Waals surface area contributed by atoms with Crippen molar-refractivity contribution in [1.29, 1.82) is 0 Å². The molecule has 2 N–H and O–H groups in total. The van der Waals surface area contributed by atoms with Crippen LogP contribution >= 0.6 is 11.8 Å². The van der Waals surface area contributed by atoms with Gasteiger partial charge in [0.25, 0.3) is 10.9 Å². The monoisotopic (exact) mass is 467 g/mol. The van der Waals surface area contributed by atoms with Gasteiger partial charge in [-0.05, 0) is 29.4 Å². The van der Waals surface area contributed by atoms with E-state index in [1.54, 1.807) is 6.26 Å². The fraction of sp³-hybridized carbons (Fsp3) is 0.450. The summed E-state index contributed by atoms with van der Waals surface area (Å²) in [7, 11) is -1.14. The zero-order valence-electron chi connectivity index (χ0n) is 17.9. The second-order valence-electron chi connectivity index (χ2n) is 7.77. The maximum absolute atomic E-state index is 12.6. The lowest BCUT2D eigenvalue weighted by atomic mass is 10.0. The van der Waals surface area contributed by atoms with Crippen LogP contribution in [0.2, 0.25) is 0 Å². The van der Waals surface area contributed by atoms with E-state index < -0.39 is 31.2 Å². The Hall–Kier alpha value is -2.37. The van der Waals surface area contributed by atoms with E-state index in [2.05, 4.69) is 10.6 Å². The standard InChI is InChI=1S/C20H25N3O6S2/c1-6-12(14-7-11(8-29-14)10(2)3)21-15-16(19(26)18(15)25)22-13-9-30-20(17(13)24)31(27,28)23(4)5/h7-10,12,20-22H,6H2,1-5H3/t12-,20?/m1/s1. The molecule has 3 rings (SSSR count). The highest BCUT2D eigenvalue weighted by Gasteiger charge is 2.41. The highest BCUT2D eigenvalue weighted by Crippen LogP contribution is 2.34. The van der Waals surface area contributed by atoms with E-state index in [0.717, 1.165) is 21.6 Å². The number of carbonyl (C=O) groups excluding carboxylic acids is 1. The number of hydrogen-bond acceptors (Lipinski definition) is 9. The number of nitrogens with zero attached hydrogens (tertiary/aromatic N) is 1. The number of anilines is 2. The Kier molecular flexibility index (Phi) is 6.49. The number of nitrogens with one attached hydrogen (secondary N) is 2. The largest absolute Gasteiger partial charge is 0.467 e. The number of rotatable bonds is 9. The second kappa shape index (κ2) is 8.64. The predicted octanol–water partition coefficient (Wildman–Crippen LogP) is 2.35. The molecule has 1 aliphatic heterocycles. The third-order valence-corrected chi connectivity index (χ3v) is 8.78. The minimum atomic E-state index is -3.83. The quantitative estimate of drug-likeness (QED) is 0.534. The average molecular weight is 468 g/mol. The summed E-state index contributed by atoms with van der Waals surface area (Å²) < 4.78 is 29.9. The molecule has 2 atom stereocenters. The van der Waals surface area contributed by atoms with Crippen molar-refractivity contribution < 1.29 is 17.6 Å². The Morgan fingerprint density at radius 1 is 1.16 bits per heavy atom. The molecular formula is C20H25N3O6S2. The normalized spacial score (nSPS) is 18.1. The molecule has 0 aliphatic carbocycles. The van der Waals surface area contributed by atoms with Gasteiger partial charge in [-0.1, -0.05) is 20.8 Å². The fourth-order valence-electron chi connectivity index (χ4n) is 3.05. The maximum atomic E-state index is 12.6. The van der Waals surface area contributed by atoms with Crippen molar-refractivity contribution in [3.8, 4) is 0 Å². The molecule has 2 aromatic rings. The molecule has 0 amide bonds. The van der Waals surface area contributed by atoms with Crippen LogP contribution in [0.5, 0.6) is 0 Å². The molecule has 1 aromatic carbocycles. The molecule has 0 spiro atoms. The number of ketones is 1. The minimum absolute atomic E-state index is 0.0382. The van der Waals surface area contributed by atoms with Gasteiger partial charge in [0.05, 0.1) is 18.0 Å². The van der Waals surface area contributed by atoms with Gasteiger partial charge < -0.3 is 15.1 Å². The van der Waals surface area contributed by atoms with Crippen molar-refractivity contribution in [2.75, 3.05) is 24.7 Å². The Bertz CT molecular complexity index is 1200. The van der Waals surface area contributed by atoms with Crippen LogP contribution in [0.15, 0.2) is 37.4 Å². The summed E-state index contributed by atoms with van der Waals surface area (Å²) in [5.41, 5.74) is -0.488. The van der Waals surface area contributed by atoms with Gasteiger partial charge in [0, 0.05) is 14.1 Å². The van der Waals surface area contributed by atoms with Crippen molar-refractivity contribution in [3.63, 3.8) is 0 Å². The molecule has 11 heteroatoms. The van der Waals surface area contributed by atoms with E-state index in [9.17, 15) is 22.8 Å². The topological polar surface area (TPSA) is 126 Å². The molecule has 168 valence electrons. The summed E-state index contributed by atoms with van der Waals surface area (Å²) in [4.78, 5) is 36.9. The lowest BCUT2D eigenvalue weighted by Gasteiger charge is -2.20. The van der Waals surface area contributed by atoms with Crippen LogP contribution in [-0.4, -0.2) is 37.2 Å². The van der Waals surface area contributed by atoms with Gasteiger partial charge in [-0.25, -0.2) is 12.7 Å². The number of allylic oxidation sites excluding steroid dienone is 1. The number of furan rings is 1. The Labute approximate surface area is 184 Å². The molecule has 1 aliphatic rings. The highest BCUT2D eigenvalue weighted by atomic mass is 32.3. The zero-order valence-corrected chi connectivity index (χ0v) is 19.5. The van der Waals surface area contributed by atoms with Gasteiger partial charge in [-0.3, -0.25) is 14.4 Å². The number of sulfonamides is 1. The average Bonchev–Trinajstić information content (AvgIpc) is 3.34. The summed E-state index contributed by atoms with van der Waals surface area (Å²) in [6.07, 6.45) is 2.25. The summed E-state index contributed by atoms with van der Waals surface area (Å²) in [5.74, 6) is 0.244. The number of carbonyl (C=O) groups is 1. The molecule has 9 nitrogen and oxygen atoms in total. The Morgan fingerprint density at radius 3 is 2.35 bits per heavy atom. The number of hydrogen-bond donors (Lipinski definition) is 2. The molecule has 0 radical (unpaired) electrons. The molecule has 31 heavy (non-hydrogen) atoms. The minimum Gasteiger partial charge on any atom is -0.467 e. The predicted molar refractivity (Wildman–Crippen MR) is 122 cm³/mol. The third kappa shape index (κ3) is 4.21. The van der Waals surface area contributed by atoms with Crippen LogP contribution < -0.4 is 21.5 Å². The van der Waals surface area contributed by atoms with Gasteiger partial charge in [-0.15, -0.1) is 11.8 Å². The van der Waals surface area contributed by atoms with Crippen molar-refractivity contribution in [3.05, 3.63) is 55.2 Å². The third-order valence-electron chi connectivity index (χ3n) is 5.12. The van der Waals surface area contributed by atoms with E-state index in [-0.39, 0.29) is 29.0 Å². The molecule has 0 bridgehead atoms. The van der Waals surface area contributed by atoms with Crippen LogP contribution in [0.1, 0.15) is 50.5 Å². The van der Waals surface area contributed by atoms with Crippen LogP contribution in [0, 0.1) is 0 Å². The van der Waals surface area contributed by atoms with Crippen LogP contribution in [0.4, 0.5) is 11.4 Å². The molecule has 1 unspecified atom stereocenters. The molecule has 1 aromatic heterocycles. The molecule has 2 heterocycles. The van der Waals surface area contributed by atoms with Gasteiger partial charge in [0.2, 0.25) is 15.8 Å². The first kappa shape index (κ1) is 23.3. The highest BCUT2D eigenvalue weighted by molar-refractivity contribution is 8.16. The lowest BCUT2D eigenvalue weighted by molar-refractivity contribution is -0.113. The summed E-state index contributed by atoms with van der Waals surface area (Å²) in [6, 6.07) is 1.56. The fourth-order valence-corrected chi connectivity index (χ4v) is 5.76. The molecule has 0 fully saturated rings. The summed E-state index contributed by atoms with van der Waals surface area (Å²) in [5, 5.41) is 7.05. The smallest absolute Gasteiger partial charge is 0.253 e. The summed E-state index contributed by atoms with van der Waals surface area (Å²) in [6.45, 7) is 5.98. The van der Waals surface area contributed by atoms with E-state index in [4.69, 9.17) is 4.42 Å². The second-order valence-corrected chi connectivity index (χ2v) is 11.3. The van der Waals surface area contributed by atoms with Crippen molar-refractivity contribution in [1.82, 2.24) is 4.31 Å². The lowest BCUT2D eigenvalue weighted by Crippen LogP contribution is -2.40. The van der Waals surface area contributed by atoms with Crippen LogP contribution in [0.25, 0.3) is 0 Å². The van der Waals surface area contributed by atoms with E-state index in [1.165, 1.54) is 19.5 Å². The van der Waals surface area contributed by atoms with Gasteiger partial charge in [0.15, 0.2) is 4.58 Å². The van der Waals surface area contributed by atoms with Crippen molar-refractivity contribution >= 4 is 38.9 Å². The van der Waals surface area contributed by atoms with Crippen molar-refractivity contribution in [2.24, 2.45) is 0 Å². The van der Waals surface area contributed by atoms with Crippen molar-refractivity contribution in [2.45, 2.75) is 43.7 Å². The van der Waals surface area contributed by atoms with Crippen LogP contribution in [0.3, 0.4) is 0 Å². The van der Waals surface area contributed by atoms with E-state index in [1.807, 2.05) is 26.8 Å². The summed E-state index contributed by atoms with van der Waals surface area (Å²) >= 11 is 0.836. The van der Waals surface area contributed by atoms with Crippen LogP contribution in [-0.2, 0) is 14.8 Å². The Morgan fingerprint density at radius 2 is 1.81 bits per heavy atom. The van der Waals surface area contributed by atoms with Gasteiger partial charge in [-0.2, -0.15) is 0 Å². The first-order valence-electron chi connectivity index (χ1n) is 9.75. The Balaban J connectivity index is 1.80. The van der Waals surface area contributed by atoms with E-state index >= 15 is 0 Å². The van der Waals surface area contributed by atoms with Gasteiger partial charge in [0.1, 0.15) is 17.1 Å². The number of Topliss-reactive ketones (excluding diaryl/α,β-unsaturated/α-hetero) is 1. The van der Waals surface area contributed by atoms with E-state index in [0.29, 0.717) is 12.2 Å². The number of thioether (sulfide) groups is 1. The first-order chi connectivity index (χ1) is 14.5.